The van der Waals surface area contributed by atoms with Crippen LogP contribution in [0.25, 0.3) is 0 Å². The summed E-state index contributed by atoms with van der Waals surface area (Å²) in [6, 6.07) is 9.82. The minimum Gasteiger partial charge on any atom is -0.485 e. The number of rotatable bonds is 1. The van der Waals surface area contributed by atoms with E-state index < -0.39 is 0 Å². The molecule has 0 fully saturated rings. The summed E-state index contributed by atoms with van der Waals surface area (Å²) >= 11 is 9.64. The molecular formula is C15H12BrClFNO. The van der Waals surface area contributed by atoms with Gasteiger partial charge >= 0.3 is 0 Å². The predicted molar refractivity (Wildman–Crippen MR) is 80.5 cm³/mol. The van der Waals surface area contributed by atoms with E-state index in [4.69, 9.17) is 22.1 Å². The number of hydrogen-bond acceptors (Lipinski definition) is 2. The second-order valence-electron chi connectivity index (χ2n) is 4.80. The van der Waals surface area contributed by atoms with Crippen LogP contribution in [0.1, 0.15) is 29.7 Å². The number of nitrogens with two attached hydrogens (primary N) is 1. The molecule has 2 unspecified atom stereocenters. The summed E-state index contributed by atoms with van der Waals surface area (Å²) in [5.74, 6) is 0.154. The molecule has 2 atom stereocenters. The van der Waals surface area contributed by atoms with Crippen LogP contribution in [0.15, 0.2) is 40.9 Å². The molecule has 2 N–H and O–H groups in total. The van der Waals surface area contributed by atoms with E-state index in [1.54, 1.807) is 12.1 Å². The molecule has 0 radical (unpaired) electrons. The standard InChI is InChI=1S/C15H12BrClFNO/c16-8-1-4-12(17)11(5-8)15-7-13(19)10-3-2-9(18)6-14(10)20-15/h1-6,13,15H,7,19H2. The third-order valence-electron chi connectivity index (χ3n) is 3.42. The van der Waals surface area contributed by atoms with Gasteiger partial charge in [0, 0.05) is 39.2 Å². The van der Waals surface area contributed by atoms with Gasteiger partial charge in [-0.3, -0.25) is 0 Å². The predicted octanol–water partition coefficient (Wildman–Crippen LogP) is 4.77. The summed E-state index contributed by atoms with van der Waals surface area (Å²) < 4.78 is 20.1. The third kappa shape index (κ3) is 2.55. The van der Waals surface area contributed by atoms with E-state index in [0.717, 1.165) is 15.6 Å². The summed E-state index contributed by atoms with van der Waals surface area (Å²) in [4.78, 5) is 0. The van der Waals surface area contributed by atoms with E-state index in [1.165, 1.54) is 12.1 Å². The van der Waals surface area contributed by atoms with Crippen molar-refractivity contribution in [3.8, 4) is 5.75 Å². The lowest BCUT2D eigenvalue weighted by Crippen LogP contribution is -2.24. The van der Waals surface area contributed by atoms with E-state index >= 15 is 0 Å². The minimum atomic E-state index is -0.336. The maximum atomic E-state index is 13.3. The largest absolute Gasteiger partial charge is 0.485 e. The van der Waals surface area contributed by atoms with Crippen molar-refractivity contribution in [3.05, 3.63) is 62.8 Å². The zero-order valence-electron chi connectivity index (χ0n) is 10.4. The van der Waals surface area contributed by atoms with Gasteiger partial charge in [0.05, 0.1) is 0 Å². The molecule has 1 aliphatic heterocycles. The molecular weight excluding hydrogens is 345 g/mol. The normalized spacial score (nSPS) is 21.2. The molecule has 2 aromatic carbocycles. The highest BCUT2D eigenvalue weighted by Gasteiger charge is 2.28. The summed E-state index contributed by atoms with van der Waals surface area (Å²) in [7, 11) is 0. The highest BCUT2D eigenvalue weighted by Crippen LogP contribution is 2.42. The monoisotopic (exact) mass is 355 g/mol. The van der Waals surface area contributed by atoms with Gasteiger partial charge in [-0.1, -0.05) is 33.6 Å². The average molecular weight is 357 g/mol. The maximum Gasteiger partial charge on any atom is 0.127 e. The van der Waals surface area contributed by atoms with Gasteiger partial charge < -0.3 is 10.5 Å². The molecule has 3 rings (SSSR count). The first kappa shape index (κ1) is 13.9. The maximum absolute atomic E-state index is 13.3. The highest BCUT2D eigenvalue weighted by molar-refractivity contribution is 9.10. The Balaban J connectivity index is 2.00. The lowest BCUT2D eigenvalue weighted by atomic mass is 9.93. The van der Waals surface area contributed by atoms with Crippen molar-refractivity contribution in [2.45, 2.75) is 18.6 Å². The smallest absolute Gasteiger partial charge is 0.127 e. The van der Waals surface area contributed by atoms with Crippen molar-refractivity contribution in [1.29, 1.82) is 0 Å². The first-order valence-electron chi connectivity index (χ1n) is 6.21. The van der Waals surface area contributed by atoms with Crippen LogP contribution < -0.4 is 10.5 Å². The average Bonchev–Trinajstić information content (AvgIpc) is 2.41. The van der Waals surface area contributed by atoms with Crippen LogP contribution >= 0.6 is 27.5 Å². The minimum absolute atomic E-state index is 0.195. The molecule has 0 spiro atoms. The van der Waals surface area contributed by atoms with Crippen LogP contribution in [0, 0.1) is 5.82 Å². The fourth-order valence-corrected chi connectivity index (χ4v) is 3.05. The zero-order valence-corrected chi connectivity index (χ0v) is 12.8. The molecule has 2 nitrogen and oxygen atoms in total. The molecule has 1 heterocycles. The van der Waals surface area contributed by atoms with Gasteiger partial charge in [-0.25, -0.2) is 4.39 Å². The van der Waals surface area contributed by atoms with Gasteiger partial charge in [0.25, 0.3) is 0 Å². The molecule has 104 valence electrons. The van der Waals surface area contributed by atoms with Crippen molar-refractivity contribution in [1.82, 2.24) is 0 Å². The lowest BCUT2D eigenvalue weighted by Gasteiger charge is -2.31. The van der Waals surface area contributed by atoms with Gasteiger partial charge in [0.1, 0.15) is 17.7 Å². The van der Waals surface area contributed by atoms with Crippen LogP contribution in [-0.2, 0) is 0 Å². The number of halogens is 3. The van der Waals surface area contributed by atoms with Gasteiger partial charge in [-0.15, -0.1) is 0 Å². The van der Waals surface area contributed by atoms with Crippen LogP contribution in [-0.4, -0.2) is 0 Å². The van der Waals surface area contributed by atoms with Crippen molar-refractivity contribution in [2.24, 2.45) is 5.73 Å². The van der Waals surface area contributed by atoms with Gasteiger partial charge in [-0.05, 0) is 24.3 Å². The summed E-state index contributed by atoms with van der Waals surface area (Å²) in [5, 5.41) is 0.616. The van der Waals surface area contributed by atoms with Crippen LogP contribution in [0.4, 0.5) is 4.39 Å². The highest BCUT2D eigenvalue weighted by atomic mass is 79.9. The SMILES string of the molecule is NC1CC(c2cc(Br)ccc2Cl)Oc2cc(F)ccc21. The Morgan fingerprint density at radius 2 is 2.00 bits per heavy atom. The van der Waals surface area contributed by atoms with E-state index in [1.807, 2.05) is 12.1 Å². The molecule has 0 amide bonds. The molecule has 0 aliphatic carbocycles. The quantitative estimate of drug-likeness (QED) is 0.799. The van der Waals surface area contributed by atoms with E-state index in [-0.39, 0.29) is 18.0 Å². The van der Waals surface area contributed by atoms with Crippen LogP contribution in [0.5, 0.6) is 5.75 Å². The Morgan fingerprint density at radius 3 is 2.80 bits per heavy atom. The lowest BCUT2D eigenvalue weighted by molar-refractivity contribution is 0.161. The zero-order chi connectivity index (χ0) is 14.3. The first-order valence-corrected chi connectivity index (χ1v) is 7.38. The second kappa shape index (κ2) is 5.35. The molecule has 0 aromatic heterocycles. The molecule has 1 aliphatic rings. The second-order valence-corrected chi connectivity index (χ2v) is 6.12. The number of ether oxygens (including phenoxy) is 1. The first-order chi connectivity index (χ1) is 9.54. The number of hydrogen-bond donors (Lipinski definition) is 1. The number of benzene rings is 2. The Hall–Kier alpha value is -1.10. The fraction of sp³-hybridized carbons (Fsp3) is 0.200. The van der Waals surface area contributed by atoms with Crippen molar-refractivity contribution >= 4 is 27.5 Å². The molecule has 0 saturated carbocycles. The van der Waals surface area contributed by atoms with Crippen molar-refractivity contribution < 1.29 is 9.13 Å². The molecule has 2 aromatic rings. The Labute approximate surface area is 129 Å². The van der Waals surface area contributed by atoms with Gasteiger partial charge in [-0.2, -0.15) is 0 Å². The Kier molecular flexibility index (Phi) is 3.71. The molecule has 20 heavy (non-hydrogen) atoms. The van der Waals surface area contributed by atoms with Crippen LogP contribution in [0.2, 0.25) is 5.02 Å². The Bertz CT molecular complexity index is 664. The van der Waals surface area contributed by atoms with Crippen molar-refractivity contribution in [2.75, 3.05) is 0 Å². The summed E-state index contributed by atoms with van der Waals surface area (Å²) in [5.41, 5.74) is 7.84. The summed E-state index contributed by atoms with van der Waals surface area (Å²) in [6.07, 6.45) is 0.332. The van der Waals surface area contributed by atoms with Crippen LogP contribution in [0.3, 0.4) is 0 Å². The van der Waals surface area contributed by atoms with E-state index in [9.17, 15) is 4.39 Å². The third-order valence-corrected chi connectivity index (χ3v) is 4.25. The molecule has 0 saturated heterocycles. The number of fused-ring (bicyclic) bond motifs is 1. The van der Waals surface area contributed by atoms with E-state index in [2.05, 4.69) is 15.9 Å². The Morgan fingerprint density at radius 1 is 1.20 bits per heavy atom. The molecule has 0 bridgehead atoms. The van der Waals surface area contributed by atoms with Gasteiger partial charge in [0.2, 0.25) is 0 Å². The summed E-state index contributed by atoms with van der Waals surface area (Å²) in [6.45, 7) is 0. The topological polar surface area (TPSA) is 35.2 Å². The molecule has 5 heteroatoms. The van der Waals surface area contributed by atoms with Gasteiger partial charge in [0.15, 0.2) is 0 Å². The van der Waals surface area contributed by atoms with Crippen molar-refractivity contribution in [3.63, 3.8) is 0 Å². The van der Waals surface area contributed by atoms with E-state index in [0.29, 0.717) is 17.2 Å². The fourth-order valence-electron chi connectivity index (χ4n) is 2.43.